The fourth-order valence-electron chi connectivity index (χ4n) is 3.99. The Morgan fingerprint density at radius 2 is 1.75 bits per heavy atom. The summed E-state index contributed by atoms with van der Waals surface area (Å²) in [6.07, 6.45) is 0.986. The smallest absolute Gasteiger partial charge is 0.270 e. The third-order valence-corrected chi connectivity index (χ3v) is 8.43. The molecule has 0 radical (unpaired) electrons. The average Bonchev–Trinajstić information content (AvgIpc) is 3.57. The SMILES string of the molecule is CNS(=O)(=O)C1(CN2CCn3c(ccc(C(=O)NCc4ccc(C)cc4)c3=O)C2=O)CC1. The van der Waals surface area contributed by atoms with Crippen LogP contribution in [0.15, 0.2) is 41.2 Å². The first kappa shape index (κ1) is 22.2. The van der Waals surface area contributed by atoms with Crippen molar-refractivity contribution in [3.05, 3.63) is 69.1 Å². The van der Waals surface area contributed by atoms with Crippen molar-refractivity contribution in [2.45, 2.75) is 37.6 Å². The predicted molar refractivity (Wildman–Crippen MR) is 119 cm³/mol. The van der Waals surface area contributed by atoms with Gasteiger partial charge in [0, 0.05) is 26.2 Å². The quantitative estimate of drug-likeness (QED) is 0.631. The molecule has 1 aromatic carbocycles. The van der Waals surface area contributed by atoms with Gasteiger partial charge < -0.3 is 14.8 Å². The first-order chi connectivity index (χ1) is 15.2. The third-order valence-electron chi connectivity index (χ3n) is 6.22. The van der Waals surface area contributed by atoms with Crippen molar-refractivity contribution in [3.63, 3.8) is 0 Å². The van der Waals surface area contributed by atoms with Crippen molar-refractivity contribution < 1.29 is 18.0 Å². The summed E-state index contributed by atoms with van der Waals surface area (Å²) < 4.78 is 27.3. The highest BCUT2D eigenvalue weighted by molar-refractivity contribution is 7.91. The molecule has 32 heavy (non-hydrogen) atoms. The number of hydrogen-bond acceptors (Lipinski definition) is 5. The first-order valence-electron chi connectivity index (χ1n) is 10.5. The molecular weight excluding hydrogens is 432 g/mol. The zero-order valence-electron chi connectivity index (χ0n) is 18.1. The zero-order chi connectivity index (χ0) is 23.1. The Balaban J connectivity index is 1.49. The molecule has 2 heterocycles. The normalized spacial score (nSPS) is 17.1. The lowest BCUT2D eigenvalue weighted by atomic mass is 10.1. The number of rotatable bonds is 7. The van der Waals surface area contributed by atoms with E-state index in [9.17, 15) is 22.8 Å². The molecule has 170 valence electrons. The van der Waals surface area contributed by atoms with E-state index in [1.807, 2.05) is 31.2 Å². The molecule has 2 N–H and O–H groups in total. The molecule has 9 nitrogen and oxygen atoms in total. The van der Waals surface area contributed by atoms with E-state index < -0.39 is 32.1 Å². The van der Waals surface area contributed by atoms with E-state index in [4.69, 9.17) is 0 Å². The maximum atomic E-state index is 13.0. The van der Waals surface area contributed by atoms with Gasteiger partial charge in [0.2, 0.25) is 10.0 Å². The minimum atomic E-state index is -3.51. The van der Waals surface area contributed by atoms with Gasteiger partial charge in [-0.25, -0.2) is 13.1 Å². The minimum absolute atomic E-state index is 0.0291. The number of benzene rings is 1. The second-order valence-electron chi connectivity index (χ2n) is 8.37. The van der Waals surface area contributed by atoms with Gasteiger partial charge in [0.05, 0.1) is 0 Å². The van der Waals surface area contributed by atoms with E-state index in [-0.39, 0.29) is 37.4 Å². The van der Waals surface area contributed by atoms with Crippen LogP contribution >= 0.6 is 0 Å². The van der Waals surface area contributed by atoms with Gasteiger partial charge in [-0.2, -0.15) is 0 Å². The number of sulfonamides is 1. The van der Waals surface area contributed by atoms with Crippen LogP contribution in [0, 0.1) is 6.92 Å². The van der Waals surface area contributed by atoms with Gasteiger partial charge in [-0.3, -0.25) is 14.4 Å². The van der Waals surface area contributed by atoms with E-state index >= 15 is 0 Å². The summed E-state index contributed by atoms with van der Waals surface area (Å²) >= 11 is 0. The lowest BCUT2D eigenvalue weighted by Crippen LogP contribution is -2.51. The number of nitrogens with one attached hydrogen (secondary N) is 2. The molecule has 1 fully saturated rings. The summed E-state index contributed by atoms with van der Waals surface area (Å²) in [4.78, 5) is 39.9. The lowest BCUT2D eigenvalue weighted by molar-refractivity contribution is 0.0694. The standard InChI is InChI=1S/C22H26N4O5S/c1-15-3-5-16(6-4-15)13-24-19(27)17-7-8-18-21(29)25(11-12-26(18)20(17)28)14-22(9-10-22)32(30,31)23-2/h3-8,23H,9-14H2,1-2H3,(H,24,27). The summed E-state index contributed by atoms with van der Waals surface area (Å²) in [5, 5.41) is 2.74. The average molecular weight is 459 g/mol. The molecule has 10 heteroatoms. The van der Waals surface area contributed by atoms with Crippen LogP contribution in [-0.2, 0) is 23.1 Å². The molecule has 1 aromatic heterocycles. The maximum Gasteiger partial charge on any atom is 0.270 e. The highest BCUT2D eigenvalue weighted by Crippen LogP contribution is 2.43. The molecule has 1 aliphatic carbocycles. The van der Waals surface area contributed by atoms with Crippen LogP contribution in [0.2, 0.25) is 0 Å². The van der Waals surface area contributed by atoms with Gasteiger partial charge in [0.1, 0.15) is 16.0 Å². The molecule has 0 saturated heterocycles. The Labute approximate surface area is 186 Å². The molecule has 4 rings (SSSR count). The topological polar surface area (TPSA) is 118 Å². The van der Waals surface area contributed by atoms with Gasteiger partial charge in [0.15, 0.2) is 0 Å². The monoisotopic (exact) mass is 458 g/mol. The summed E-state index contributed by atoms with van der Waals surface area (Å²) in [5.74, 6) is -0.907. The number of pyridine rings is 1. The van der Waals surface area contributed by atoms with Crippen LogP contribution in [0.25, 0.3) is 0 Å². The Morgan fingerprint density at radius 1 is 1.06 bits per heavy atom. The Morgan fingerprint density at radius 3 is 2.38 bits per heavy atom. The van der Waals surface area contributed by atoms with Gasteiger partial charge in [-0.05, 0) is 44.5 Å². The molecule has 0 atom stereocenters. The summed E-state index contributed by atoms with van der Waals surface area (Å²) in [5.41, 5.74) is 1.63. The third kappa shape index (κ3) is 3.95. The highest BCUT2D eigenvalue weighted by atomic mass is 32.2. The van der Waals surface area contributed by atoms with E-state index in [0.29, 0.717) is 12.8 Å². The van der Waals surface area contributed by atoms with Crippen molar-refractivity contribution in [2.24, 2.45) is 0 Å². The maximum absolute atomic E-state index is 13.0. The fourth-order valence-corrected chi connectivity index (χ4v) is 5.39. The van der Waals surface area contributed by atoms with Crippen LogP contribution in [0.3, 0.4) is 0 Å². The Bertz CT molecular complexity index is 1230. The Kier molecular flexibility index (Phi) is 5.68. The molecule has 2 aromatic rings. The van der Waals surface area contributed by atoms with Gasteiger partial charge >= 0.3 is 0 Å². The minimum Gasteiger partial charge on any atom is -0.348 e. The van der Waals surface area contributed by atoms with Gasteiger partial charge in [-0.15, -0.1) is 0 Å². The van der Waals surface area contributed by atoms with Crippen molar-refractivity contribution in [1.29, 1.82) is 0 Å². The van der Waals surface area contributed by atoms with Crippen molar-refractivity contribution >= 4 is 21.8 Å². The van der Waals surface area contributed by atoms with Crippen LogP contribution in [0.4, 0.5) is 0 Å². The summed E-state index contributed by atoms with van der Waals surface area (Å²) in [7, 11) is -2.14. The van der Waals surface area contributed by atoms with Gasteiger partial charge in [-0.1, -0.05) is 29.8 Å². The van der Waals surface area contributed by atoms with E-state index in [2.05, 4.69) is 10.0 Å². The molecule has 1 aliphatic heterocycles. The van der Waals surface area contributed by atoms with Crippen LogP contribution < -0.4 is 15.6 Å². The van der Waals surface area contributed by atoms with Crippen LogP contribution in [-0.4, -0.2) is 54.6 Å². The Hall–Kier alpha value is -2.98. The van der Waals surface area contributed by atoms with Gasteiger partial charge in [0.25, 0.3) is 17.4 Å². The fraction of sp³-hybridized carbons (Fsp3) is 0.409. The number of fused-ring (bicyclic) bond motifs is 1. The van der Waals surface area contributed by atoms with Crippen LogP contribution in [0.1, 0.15) is 44.8 Å². The number of nitrogens with zero attached hydrogens (tertiary/aromatic N) is 2. The van der Waals surface area contributed by atoms with Crippen molar-refractivity contribution in [3.8, 4) is 0 Å². The second-order valence-corrected chi connectivity index (χ2v) is 10.7. The summed E-state index contributed by atoms with van der Waals surface area (Å²) in [6, 6.07) is 10.5. The first-order valence-corrected chi connectivity index (χ1v) is 12.0. The van der Waals surface area contributed by atoms with Crippen molar-refractivity contribution in [2.75, 3.05) is 20.1 Å². The highest BCUT2D eigenvalue weighted by Gasteiger charge is 2.55. The van der Waals surface area contributed by atoms with E-state index in [0.717, 1.165) is 11.1 Å². The molecule has 2 aliphatic rings. The predicted octanol–water partition coefficient (Wildman–Crippen LogP) is 0.624. The molecule has 1 saturated carbocycles. The van der Waals surface area contributed by atoms with E-state index in [1.165, 1.54) is 28.6 Å². The number of aromatic nitrogens is 1. The second kappa shape index (κ2) is 8.18. The lowest BCUT2D eigenvalue weighted by Gasteiger charge is -2.32. The number of amides is 2. The largest absolute Gasteiger partial charge is 0.348 e. The number of carbonyl (C=O) groups excluding carboxylic acids is 2. The zero-order valence-corrected chi connectivity index (χ0v) is 18.9. The molecular formula is C22H26N4O5S. The number of carbonyl (C=O) groups is 2. The molecule has 0 unspecified atom stereocenters. The molecule has 2 amide bonds. The molecule has 0 spiro atoms. The molecule has 0 bridgehead atoms. The number of hydrogen-bond donors (Lipinski definition) is 2. The summed E-state index contributed by atoms with van der Waals surface area (Å²) in [6.45, 7) is 2.76. The van der Waals surface area contributed by atoms with Crippen LogP contribution in [0.5, 0.6) is 0 Å². The number of aryl methyl sites for hydroxylation is 1. The van der Waals surface area contributed by atoms with Crippen molar-refractivity contribution in [1.82, 2.24) is 19.5 Å². The van der Waals surface area contributed by atoms with E-state index in [1.54, 1.807) is 0 Å².